The van der Waals surface area contributed by atoms with E-state index in [1.165, 1.54) is 6.07 Å². The van der Waals surface area contributed by atoms with Crippen LogP contribution in [0.2, 0.25) is 0 Å². The van der Waals surface area contributed by atoms with Crippen molar-refractivity contribution in [3.63, 3.8) is 0 Å². The molecule has 0 atom stereocenters. The maximum Gasteiger partial charge on any atom is 0.305 e. The molecule has 9 heteroatoms. The Labute approximate surface area is 139 Å². The van der Waals surface area contributed by atoms with Crippen LogP contribution in [0.5, 0.6) is 5.75 Å². The summed E-state index contributed by atoms with van der Waals surface area (Å²) in [5.74, 6) is -1.06. The molecule has 1 aliphatic rings. The molecule has 0 bridgehead atoms. The van der Waals surface area contributed by atoms with Gasteiger partial charge in [0.05, 0.1) is 4.92 Å². The van der Waals surface area contributed by atoms with Crippen molar-refractivity contribution >= 4 is 24.0 Å². The molecule has 1 saturated heterocycles. The third kappa shape index (κ3) is 5.04. The molecule has 23 heavy (non-hydrogen) atoms. The van der Waals surface area contributed by atoms with Crippen molar-refractivity contribution in [1.29, 1.82) is 0 Å². The van der Waals surface area contributed by atoms with Gasteiger partial charge in [0, 0.05) is 31.3 Å². The summed E-state index contributed by atoms with van der Waals surface area (Å²) in [4.78, 5) is 23.4. The molecule has 0 saturated carbocycles. The summed E-state index contributed by atoms with van der Waals surface area (Å²) in [6, 6.07) is 3.64. The smallest absolute Gasteiger partial charge is 0.305 e. The molecule has 1 N–H and O–H groups in total. The second-order valence-corrected chi connectivity index (χ2v) is 5.10. The standard InChI is InChI=1S/C14H18FN3O4.ClH/c1-16-10-4-6-17(7-5-10)14(19)9-22-11-2-3-13(18(20)21)12(15)8-11;/h2-3,8,10,16H,4-7,9H2,1H3;1H. The lowest BCUT2D eigenvalue weighted by Crippen LogP contribution is -2.45. The highest BCUT2D eigenvalue weighted by molar-refractivity contribution is 5.85. The third-order valence-corrected chi connectivity index (χ3v) is 3.73. The average molecular weight is 348 g/mol. The number of carbonyl (C=O) groups is 1. The number of halogens is 2. The van der Waals surface area contributed by atoms with Crippen LogP contribution in [0.3, 0.4) is 0 Å². The number of nitrogens with zero attached hydrogens (tertiary/aromatic N) is 2. The predicted molar refractivity (Wildman–Crippen MR) is 84.5 cm³/mol. The van der Waals surface area contributed by atoms with Crippen molar-refractivity contribution in [2.75, 3.05) is 26.7 Å². The Kier molecular flexibility index (Phi) is 7.18. The number of benzene rings is 1. The molecule has 1 aromatic rings. The van der Waals surface area contributed by atoms with Crippen LogP contribution in [0.1, 0.15) is 12.8 Å². The normalized spacial score (nSPS) is 15.0. The van der Waals surface area contributed by atoms with Crippen molar-refractivity contribution in [1.82, 2.24) is 10.2 Å². The summed E-state index contributed by atoms with van der Waals surface area (Å²) < 4.78 is 18.7. The first-order valence-corrected chi connectivity index (χ1v) is 7.03. The Morgan fingerprint density at radius 2 is 2.13 bits per heavy atom. The number of carbonyl (C=O) groups excluding carboxylic acids is 1. The van der Waals surface area contributed by atoms with E-state index in [9.17, 15) is 19.3 Å². The highest BCUT2D eigenvalue weighted by atomic mass is 35.5. The van der Waals surface area contributed by atoms with Crippen LogP contribution >= 0.6 is 12.4 Å². The second kappa shape index (κ2) is 8.64. The lowest BCUT2D eigenvalue weighted by atomic mass is 10.1. The van der Waals surface area contributed by atoms with Gasteiger partial charge in [-0.3, -0.25) is 14.9 Å². The first-order chi connectivity index (χ1) is 10.5. The van der Waals surface area contributed by atoms with E-state index >= 15 is 0 Å². The van der Waals surface area contributed by atoms with Gasteiger partial charge in [0.2, 0.25) is 5.82 Å². The highest BCUT2D eigenvalue weighted by Crippen LogP contribution is 2.22. The number of likely N-dealkylation sites (tertiary alicyclic amines) is 1. The molecular weight excluding hydrogens is 329 g/mol. The minimum atomic E-state index is -0.982. The number of piperidine rings is 1. The van der Waals surface area contributed by atoms with Gasteiger partial charge in [0.25, 0.3) is 5.91 Å². The van der Waals surface area contributed by atoms with Crippen molar-refractivity contribution < 1.29 is 18.8 Å². The minimum Gasteiger partial charge on any atom is -0.484 e. The Morgan fingerprint density at radius 1 is 1.48 bits per heavy atom. The summed E-state index contributed by atoms with van der Waals surface area (Å²) in [6.45, 7) is 1.10. The first kappa shape index (κ1) is 19.1. The highest BCUT2D eigenvalue weighted by Gasteiger charge is 2.22. The van der Waals surface area contributed by atoms with E-state index in [4.69, 9.17) is 4.74 Å². The molecular formula is C14H19ClFN3O4. The van der Waals surface area contributed by atoms with Crippen molar-refractivity contribution in [3.8, 4) is 5.75 Å². The topological polar surface area (TPSA) is 84.7 Å². The fourth-order valence-corrected chi connectivity index (χ4v) is 2.38. The fourth-order valence-electron chi connectivity index (χ4n) is 2.38. The lowest BCUT2D eigenvalue weighted by molar-refractivity contribution is -0.387. The van der Waals surface area contributed by atoms with Crippen LogP contribution < -0.4 is 10.1 Å². The molecule has 0 aliphatic carbocycles. The van der Waals surface area contributed by atoms with Gasteiger partial charge in [-0.25, -0.2) is 0 Å². The summed E-state index contributed by atoms with van der Waals surface area (Å²) in [5, 5.41) is 13.7. The number of ether oxygens (including phenoxy) is 1. The molecule has 0 aromatic heterocycles. The van der Waals surface area contributed by atoms with Gasteiger partial charge in [0.15, 0.2) is 6.61 Å². The van der Waals surface area contributed by atoms with Gasteiger partial charge in [-0.2, -0.15) is 4.39 Å². The van der Waals surface area contributed by atoms with E-state index in [0.717, 1.165) is 25.0 Å². The minimum absolute atomic E-state index is 0. The number of nitrogens with one attached hydrogen (secondary N) is 1. The number of hydrogen-bond acceptors (Lipinski definition) is 5. The van der Waals surface area contributed by atoms with E-state index in [2.05, 4.69) is 5.32 Å². The van der Waals surface area contributed by atoms with Crippen LogP contribution in [0.25, 0.3) is 0 Å². The van der Waals surface area contributed by atoms with E-state index in [1.54, 1.807) is 4.90 Å². The lowest BCUT2D eigenvalue weighted by Gasteiger charge is -2.31. The van der Waals surface area contributed by atoms with Gasteiger partial charge < -0.3 is 15.0 Å². The Morgan fingerprint density at radius 3 is 2.65 bits per heavy atom. The molecule has 1 amide bonds. The van der Waals surface area contributed by atoms with E-state index in [0.29, 0.717) is 19.1 Å². The molecule has 1 heterocycles. The maximum atomic E-state index is 13.4. The largest absolute Gasteiger partial charge is 0.484 e. The summed E-state index contributed by atoms with van der Waals surface area (Å²) in [5.41, 5.74) is -0.618. The number of rotatable bonds is 5. The molecule has 128 valence electrons. The molecule has 1 aromatic carbocycles. The van der Waals surface area contributed by atoms with E-state index in [-0.39, 0.29) is 30.7 Å². The van der Waals surface area contributed by atoms with Gasteiger partial charge in [0.1, 0.15) is 5.75 Å². The molecule has 0 spiro atoms. The average Bonchev–Trinajstić information content (AvgIpc) is 2.52. The Balaban J connectivity index is 0.00000264. The monoisotopic (exact) mass is 347 g/mol. The summed E-state index contributed by atoms with van der Waals surface area (Å²) >= 11 is 0. The first-order valence-electron chi connectivity index (χ1n) is 7.03. The molecule has 1 fully saturated rings. The van der Waals surface area contributed by atoms with E-state index in [1.807, 2.05) is 7.05 Å². The summed E-state index contributed by atoms with van der Waals surface area (Å²) in [6.07, 6.45) is 1.77. The predicted octanol–water partition coefficient (Wildman–Crippen LogP) is 1.74. The fraction of sp³-hybridized carbons (Fsp3) is 0.500. The van der Waals surface area contributed by atoms with Crippen molar-refractivity contribution in [3.05, 3.63) is 34.1 Å². The number of amides is 1. The zero-order valence-corrected chi connectivity index (χ0v) is 13.5. The van der Waals surface area contributed by atoms with Gasteiger partial charge >= 0.3 is 5.69 Å². The van der Waals surface area contributed by atoms with Crippen LogP contribution in [-0.4, -0.2) is 48.5 Å². The molecule has 2 rings (SSSR count). The Hall–Kier alpha value is -1.93. The molecule has 7 nitrogen and oxygen atoms in total. The van der Waals surface area contributed by atoms with Crippen LogP contribution in [0.4, 0.5) is 10.1 Å². The number of hydrogen-bond donors (Lipinski definition) is 1. The second-order valence-electron chi connectivity index (χ2n) is 5.10. The van der Waals surface area contributed by atoms with Crippen molar-refractivity contribution in [2.24, 2.45) is 0 Å². The zero-order chi connectivity index (χ0) is 16.1. The quantitative estimate of drug-likeness (QED) is 0.648. The van der Waals surface area contributed by atoms with Crippen LogP contribution in [0.15, 0.2) is 18.2 Å². The Bertz CT molecular complexity index is 565. The number of nitro benzene ring substituents is 1. The van der Waals surface area contributed by atoms with Gasteiger partial charge in [-0.05, 0) is 26.0 Å². The molecule has 0 radical (unpaired) electrons. The molecule has 0 unspecified atom stereocenters. The van der Waals surface area contributed by atoms with Crippen molar-refractivity contribution in [2.45, 2.75) is 18.9 Å². The maximum absolute atomic E-state index is 13.4. The zero-order valence-electron chi connectivity index (χ0n) is 12.7. The van der Waals surface area contributed by atoms with Crippen LogP contribution in [-0.2, 0) is 4.79 Å². The van der Waals surface area contributed by atoms with E-state index < -0.39 is 16.4 Å². The molecule has 1 aliphatic heterocycles. The summed E-state index contributed by atoms with van der Waals surface area (Å²) in [7, 11) is 1.90. The van der Waals surface area contributed by atoms with Crippen LogP contribution in [0, 0.1) is 15.9 Å². The third-order valence-electron chi connectivity index (χ3n) is 3.73. The SMILES string of the molecule is CNC1CCN(C(=O)COc2ccc([N+](=O)[O-])c(F)c2)CC1.Cl. The van der Waals surface area contributed by atoms with Gasteiger partial charge in [-0.15, -0.1) is 12.4 Å². The number of nitro groups is 1. The van der Waals surface area contributed by atoms with Gasteiger partial charge in [-0.1, -0.05) is 0 Å².